The van der Waals surface area contributed by atoms with Crippen LogP contribution in [0.15, 0.2) is 59.8 Å². The van der Waals surface area contributed by atoms with Crippen LogP contribution in [0.2, 0.25) is 5.02 Å². The van der Waals surface area contributed by atoms with Crippen molar-refractivity contribution in [3.05, 3.63) is 71.3 Å². The van der Waals surface area contributed by atoms with Crippen LogP contribution >= 0.6 is 11.6 Å². The molecular formula is C23H19ClFN4NaO4S. The van der Waals surface area contributed by atoms with E-state index in [1.54, 1.807) is 23.1 Å². The van der Waals surface area contributed by atoms with Gasteiger partial charge < -0.3 is 19.4 Å². The molecule has 4 rings (SSSR count). The smallest absolute Gasteiger partial charge is 0.548 e. The summed E-state index contributed by atoms with van der Waals surface area (Å²) >= 11 is 6.23. The molecule has 0 atom stereocenters. The Bertz CT molecular complexity index is 1400. The standard InChI is InChI=1S/C23H20ClFN4O4S.Na/c24-18-9-16(20-14-27(15-23(30)31)13-17(20)12-26)10-19(11-18)34(32,33)29-7-5-28(6-8-29)22-4-2-1-3-21(22)25;/h1-4,9-11,13-14H,5-8,15H2,(H,30,31);/q;+1/p-1. The number of aliphatic carboxylic acids is 1. The average molecular weight is 525 g/mol. The third-order valence-corrected chi connectivity index (χ3v) is 7.66. The van der Waals surface area contributed by atoms with Crippen molar-refractivity contribution in [2.45, 2.75) is 11.4 Å². The minimum Gasteiger partial charge on any atom is -0.548 e. The van der Waals surface area contributed by atoms with Crippen molar-refractivity contribution in [3.8, 4) is 17.2 Å². The van der Waals surface area contributed by atoms with Crippen molar-refractivity contribution in [2.75, 3.05) is 31.1 Å². The summed E-state index contributed by atoms with van der Waals surface area (Å²) in [4.78, 5) is 12.7. The van der Waals surface area contributed by atoms with Crippen molar-refractivity contribution in [3.63, 3.8) is 0 Å². The predicted molar refractivity (Wildman–Crippen MR) is 122 cm³/mol. The Morgan fingerprint density at radius 3 is 2.43 bits per heavy atom. The summed E-state index contributed by atoms with van der Waals surface area (Å²) in [5.41, 5.74) is 1.32. The van der Waals surface area contributed by atoms with E-state index in [-0.39, 0.29) is 63.9 Å². The number of nitriles is 1. The van der Waals surface area contributed by atoms with Gasteiger partial charge in [-0.1, -0.05) is 23.7 Å². The van der Waals surface area contributed by atoms with E-state index in [1.165, 1.54) is 45.5 Å². The molecule has 12 heteroatoms. The van der Waals surface area contributed by atoms with Crippen molar-refractivity contribution < 1.29 is 52.3 Å². The Balaban J connectivity index is 0.00000342. The third kappa shape index (κ3) is 5.89. The van der Waals surface area contributed by atoms with Gasteiger partial charge in [-0.3, -0.25) is 0 Å². The molecule has 1 aliphatic rings. The summed E-state index contributed by atoms with van der Waals surface area (Å²) in [5, 5.41) is 20.5. The molecule has 0 N–H and O–H groups in total. The second kappa shape index (κ2) is 11.1. The number of carbonyl (C=O) groups is 1. The molecule has 35 heavy (non-hydrogen) atoms. The Morgan fingerprint density at radius 1 is 1.11 bits per heavy atom. The molecule has 1 aliphatic heterocycles. The SMILES string of the molecule is N#Cc1cn(CC(=O)[O-])cc1-c1cc(Cl)cc(S(=O)(=O)N2CCN(c3ccccc3F)CC2)c1.[Na+]. The van der Waals surface area contributed by atoms with Gasteiger partial charge in [0.25, 0.3) is 0 Å². The molecule has 0 aliphatic carbocycles. The molecule has 8 nitrogen and oxygen atoms in total. The third-order valence-electron chi connectivity index (χ3n) is 5.56. The number of carbonyl (C=O) groups excluding carboxylic acids is 1. The van der Waals surface area contributed by atoms with Gasteiger partial charge in [0.2, 0.25) is 10.0 Å². The molecule has 176 valence electrons. The molecular weight excluding hydrogens is 506 g/mol. The maximum atomic E-state index is 14.1. The number of carboxylic acid groups (broad SMARTS) is 1. The number of hydrogen-bond acceptors (Lipinski definition) is 6. The van der Waals surface area contributed by atoms with Gasteiger partial charge in [-0.15, -0.1) is 0 Å². The number of carboxylic acids is 1. The summed E-state index contributed by atoms with van der Waals surface area (Å²) in [6.45, 7) is 0.497. The fourth-order valence-electron chi connectivity index (χ4n) is 3.96. The van der Waals surface area contributed by atoms with Crippen LogP contribution in [-0.4, -0.2) is 49.4 Å². The van der Waals surface area contributed by atoms with E-state index in [2.05, 4.69) is 0 Å². The maximum absolute atomic E-state index is 14.1. The zero-order valence-electron chi connectivity index (χ0n) is 18.8. The summed E-state index contributed by atoms with van der Waals surface area (Å²) < 4.78 is 43.4. The predicted octanol–water partition coefficient (Wildman–Crippen LogP) is -0.916. The van der Waals surface area contributed by atoms with Crippen molar-refractivity contribution in [1.29, 1.82) is 5.26 Å². The number of piperazine rings is 1. The topological polar surface area (TPSA) is 109 Å². The van der Waals surface area contributed by atoms with E-state index < -0.39 is 22.5 Å². The van der Waals surface area contributed by atoms with Crippen LogP contribution in [0.3, 0.4) is 0 Å². The van der Waals surface area contributed by atoms with Gasteiger partial charge in [-0.2, -0.15) is 9.57 Å². The second-order valence-corrected chi connectivity index (χ2v) is 10.1. The van der Waals surface area contributed by atoms with Crippen LogP contribution in [0.4, 0.5) is 10.1 Å². The average Bonchev–Trinajstić information content (AvgIpc) is 3.21. The summed E-state index contributed by atoms with van der Waals surface area (Å²) in [7, 11) is -3.93. The van der Waals surface area contributed by atoms with Gasteiger partial charge in [-0.25, -0.2) is 12.8 Å². The second-order valence-electron chi connectivity index (χ2n) is 7.76. The van der Waals surface area contributed by atoms with Crippen molar-refractivity contribution in [1.82, 2.24) is 8.87 Å². The first-order valence-electron chi connectivity index (χ1n) is 10.3. The van der Waals surface area contributed by atoms with Gasteiger partial charge in [0.15, 0.2) is 0 Å². The normalized spacial score (nSPS) is 14.3. The first-order chi connectivity index (χ1) is 16.2. The van der Waals surface area contributed by atoms with E-state index in [4.69, 9.17) is 11.6 Å². The van der Waals surface area contributed by atoms with Gasteiger partial charge in [0, 0.05) is 49.2 Å². The fraction of sp³-hybridized carbons (Fsp3) is 0.217. The molecule has 0 saturated carbocycles. The van der Waals surface area contributed by atoms with Crippen LogP contribution in [0.5, 0.6) is 0 Å². The molecule has 1 saturated heterocycles. The first kappa shape index (κ1) is 27.2. The molecule has 0 amide bonds. The molecule has 1 aromatic heterocycles. The van der Waals surface area contributed by atoms with Gasteiger partial charge in [0.1, 0.15) is 11.9 Å². The zero-order chi connectivity index (χ0) is 24.5. The molecule has 0 bridgehead atoms. The van der Waals surface area contributed by atoms with Gasteiger partial charge >= 0.3 is 29.6 Å². The van der Waals surface area contributed by atoms with E-state index in [0.717, 1.165) is 0 Å². The molecule has 0 unspecified atom stereocenters. The Kier molecular flexibility index (Phi) is 8.64. The molecule has 2 heterocycles. The summed E-state index contributed by atoms with van der Waals surface area (Å²) in [6, 6.07) is 12.6. The molecule has 3 aromatic rings. The number of para-hydroxylation sites is 1. The van der Waals surface area contributed by atoms with E-state index >= 15 is 0 Å². The molecule has 2 aromatic carbocycles. The quantitative estimate of drug-likeness (QED) is 0.386. The molecule has 1 fully saturated rings. The van der Waals surface area contributed by atoms with Gasteiger partial charge in [-0.05, 0) is 35.9 Å². The molecule has 0 spiro atoms. The number of nitrogens with zero attached hydrogens (tertiary/aromatic N) is 4. The maximum Gasteiger partial charge on any atom is 1.00 e. The van der Waals surface area contributed by atoms with E-state index in [0.29, 0.717) is 29.9 Å². The Morgan fingerprint density at radius 2 is 1.80 bits per heavy atom. The van der Waals surface area contributed by atoms with Crippen LogP contribution < -0.4 is 39.6 Å². The van der Waals surface area contributed by atoms with Crippen LogP contribution in [0.25, 0.3) is 11.1 Å². The summed E-state index contributed by atoms with van der Waals surface area (Å²) in [5.74, 6) is -1.69. The largest absolute Gasteiger partial charge is 1.00 e. The number of aromatic nitrogens is 1. The number of sulfonamides is 1. The molecule has 0 radical (unpaired) electrons. The van der Waals surface area contributed by atoms with Crippen molar-refractivity contribution >= 4 is 33.3 Å². The minimum absolute atomic E-state index is 0. The Labute approximate surface area is 229 Å². The number of rotatable bonds is 6. The Hall–Kier alpha value is -2.39. The monoisotopic (exact) mass is 524 g/mol. The van der Waals surface area contributed by atoms with Crippen LogP contribution in [-0.2, 0) is 21.4 Å². The number of anilines is 1. The zero-order valence-corrected chi connectivity index (χ0v) is 22.4. The summed E-state index contributed by atoms with van der Waals surface area (Å²) in [6.07, 6.45) is 2.78. The number of halogens is 2. The minimum atomic E-state index is -3.93. The van der Waals surface area contributed by atoms with Crippen molar-refractivity contribution in [2.24, 2.45) is 0 Å². The number of hydrogen-bond donors (Lipinski definition) is 0. The van der Waals surface area contributed by atoms with Crippen LogP contribution in [0, 0.1) is 17.1 Å². The first-order valence-corrected chi connectivity index (χ1v) is 12.1. The number of benzene rings is 2. The van der Waals surface area contributed by atoms with E-state index in [1.807, 2.05) is 6.07 Å². The van der Waals surface area contributed by atoms with Gasteiger partial charge in [0.05, 0.1) is 28.7 Å². The van der Waals surface area contributed by atoms with E-state index in [9.17, 15) is 28.0 Å². The van der Waals surface area contributed by atoms with Crippen LogP contribution in [0.1, 0.15) is 5.56 Å². The fourth-order valence-corrected chi connectivity index (χ4v) is 5.75.